The van der Waals surface area contributed by atoms with Gasteiger partial charge in [0.15, 0.2) is 5.75 Å². The van der Waals surface area contributed by atoms with Crippen molar-refractivity contribution in [2.24, 2.45) is 0 Å². The van der Waals surface area contributed by atoms with Crippen molar-refractivity contribution >= 4 is 35.3 Å². The molecule has 8 heteroatoms. The van der Waals surface area contributed by atoms with Gasteiger partial charge in [-0.15, -0.1) is 0 Å². The third kappa shape index (κ3) is 4.68. The molecule has 0 bridgehead atoms. The molecule has 1 aromatic carbocycles. The van der Waals surface area contributed by atoms with Crippen LogP contribution in [0.2, 0.25) is 10.0 Å². The van der Waals surface area contributed by atoms with E-state index in [1.807, 2.05) is 0 Å². The van der Waals surface area contributed by atoms with E-state index in [0.29, 0.717) is 15.1 Å². The molecule has 0 aromatic heterocycles. The Morgan fingerprint density at radius 1 is 1.14 bits per heavy atom. The minimum absolute atomic E-state index is 0.129. The van der Waals surface area contributed by atoms with Gasteiger partial charge in [-0.1, -0.05) is 28.3 Å². The van der Waals surface area contributed by atoms with Crippen LogP contribution in [0.25, 0.3) is 0 Å². The monoisotopic (exact) mass is 334 g/mol. The highest BCUT2D eigenvalue weighted by Crippen LogP contribution is 2.25. The summed E-state index contributed by atoms with van der Waals surface area (Å²) in [4.78, 5) is 30.5. The largest absolute Gasteiger partial charge is 0.452 e. The molecule has 3 amide bonds. The Hall–Kier alpha value is -1.66. The number of imide groups is 1. The van der Waals surface area contributed by atoms with Gasteiger partial charge in [0.1, 0.15) is 0 Å². The molecule has 0 fully saturated rings. The number of carbonyl (C=O) groups excluding carboxylic acids is 2. The lowest BCUT2D eigenvalue weighted by molar-refractivity contribution is -0.0194. The zero-order valence-corrected chi connectivity index (χ0v) is 13.6. The summed E-state index contributed by atoms with van der Waals surface area (Å²) in [5.74, 6) is 0.142. The van der Waals surface area contributed by atoms with Gasteiger partial charge < -0.3 is 14.5 Å². The van der Waals surface area contributed by atoms with E-state index in [-0.39, 0.29) is 11.8 Å². The molecule has 0 saturated carbocycles. The van der Waals surface area contributed by atoms with Crippen molar-refractivity contribution in [2.45, 2.75) is 19.9 Å². The molecule has 0 saturated heterocycles. The molecule has 0 aliphatic rings. The molecule has 21 heavy (non-hydrogen) atoms. The van der Waals surface area contributed by atoms with Crippen LogP contribution >= 0.6 is 23.2 Å². The number of hydrogen-bond donors (Lipinski definition) is 0. The lowest BCUT2D eigenvalue weighted by atomic mass is 10.3. The summed E-state index contributed by atoms with van der Waals surface area (Å²) in [6.45, 7) is 3.59. The zero-order chi connectivity index (χ0) is 16.2. The number of nitrogens with zero attached hydrogens (tertiary/aromatic N) is 2. The minimum Gasteiger partial charge on any atom is -0.450 e. The van der Waals surface area contributed by atoms with E-state index in [2.05, 4.69) is 4.74 Å². The molecule has 116 valence electrons. The number of hydrogen-bond acceptors (Lipinski definition) is 4. The lowest BCUT2D eigenvalue weighted by Crippen LogP contribution is -2.48. The van der Waals surface area contributed by atoms with Crippen molar-refractivity contribution in [3.8, 4) is 5.75 Å². The third-order valence-corrected chi connectivity index (χ3v) is 3.06. The smallest absolute Gasteiger partial charge is 0.450 e. The fourth-order valence-electron chi connectivity index (χ4n) is 1.29. The Balaban J connectivity index is 3.03. The van der Waals surface area contributed by atoms with Gasteiger partial charge in [-0.05, 0) is 19.9 Å². The molecule has 0 aliphatic carbocycles. The lowest BCUT2D eigenvalue weighted by Gasteiger charge is -2.27. The fourth-order valence-corrected chi connectivity index (χ4v) is 1.79. The molecule has 1 aromatic rings. The Kier molecular flexibility index (Phi) is 6.11. The fraction of sp³-hybridized carbons (Fsp3) is 0.385. The molecule has 6 nitrogen and oxygen atoms in total. The van der Waals surface area contributed by atoms with Crippen LogP contribution in [0.3, 0.4) is 0 Å². The molecule has 0 aliphatic heterocycles. The van der Waals surface area contributed by atoms with Crippen LogP contribution in [-0.4, -0.2) is 42.3 Å². The average Bonchev–Trinajstić information content (AvgIpc) is 2.41. The van der Waals surface area contributed by atoms with E-state index in [0.717, 1.165) is 7.11 Å². The number of methoxy groups -OCH3 is 1. The van der Waals surface area contributed by atoms with Crippen molar-refractivity contribution in [3.05, 3.63) is 28.2 Å². The summed E-state index contributed by atoms with van der Waals surface area (Å²) in [5, 5.41) is 1.13. The minimum atomic E-state index is -0.955. The predicted molar refractivity (Wildman–Crippen MR) is 79.6 cm³/mol. The summed E-state index contributed by atoms with van der Waals surface area (Å²) < 4.78 is 4.54. The maximum atomic E-state index is 12.2. The van der Waals surface area contributed by atoms with E-state index in [1.54, 1.807) is 13.8 Å². The second kappa shape index (κ2) is 7.38. The van der Waals surface area contributed by atoms with Crippen LogP contribution in [0.1, 0.15) is 13.8 Å². The molecule has 1 rings (SSSR count). The van der Waals surface area contributed by atoms with Crippen LogP contribution in [0, 0.1) is 0 Å². The number of halogens is 2. The summed E-state index contributed by atoms with van der Waals surface area (Å²) in [7, 11) is 2.68. The van der Waals surface area contributed by atoms with Crippen molar-refractivity contribution in [1.29, 1.82) is 0 Å². The Labute approximate surface area is 133 Å². The first-order valence-corrected chi connectivity index (χ1v) is 6.80. The number of ether oxygens (including phenoxy) is 1. The van der Waals surface area contributed by atoms with Crippen LogP contribution in [0.5, 0.6) is 5.75 Å². The molecule has 0 unspecified atom stereocenters. The predicted octanol–water partition coefficient (Wildman–Crippen LogP) is 3.82. The summed E-state index contributed by atoms with van der Waals surface area (Å²) in [6, 6.07) is 3.54. The quantitative estimate of drug-likeness (QED) is 0.788. The van der Waals surface area contributed by atoms with E-state index < -0.39 is 12.1 Å². The second-order valence-corrected chi connectivity index (χ2v) is 5.32. The number of rotatable bonds is 3. The van der Waals surface area contributed by atoms with E-state index in [1.165, 1.54) is 30.1 Å². The Morgan fingerprint density at radius 2 is 1.67 bits per heavy atom. The van der Waals surface area contributed by atoms with Crippen LogP contribution in [-0.2, 0) is 4.74 Å². The van der Waals surface area contributed by atoms with Gasteiger partial charge >= 0.3 is 12.1 Å². The van der Waals surface area contributed by atoms with Gasteiger partial charge in [0.25, 0.3) is 0 Å². The Bertz CT molecular complexity index is 517. The molecular weight excluding hydrogens is 319 g/mol. The van der Waals surface area contributed by atoms with Gasteiger partial charge in [-0.25, -0.2) is 9.59 Å². The highest BCUT2D eigenvalue weighted by Gasteiger charge is 2.29. The number of benzene rings is 1. The van der Waals surface area contributed by atoms with Crippen molar-refractivity contribution < 1.29 is 19.2 Å². The number of urea groups is 1. The summed E-state index contributed by atoms with van der Waals surface area (Å²) in [5.41, 5.74) is 0. The first-order chi connectivity index (χ1) is 9.76. The van der Waals surface area contributed by atoms with E-state index in [4.69, 9.17) is 28.0 Å². The first-order valence-electron chi connectivity index (χ1n) is 6.05. The highest BCUT2D eigenvalue weighted by molar-refractivity contribution is 6.34. The third-order valence-electron chi connectivity index (χ3n) is 2.62. The summed E-state index contributed by atoms with van der Waals surface area (Å²) in [6.07, 6.45) is -0.955. The Morgan fingerprint density at radius 3 is 2.10 bits per heavy atom. The second-order valence-electron chi connectivity index (χ2n) is 4.45. The van der Waals surface area contributed by atoms with Crippen molar-refractivity contribution in [3.63, 3.8) is 0 Å². The van der Waals surface area contributed by atoms with Crippen LogP contribution in [0.15, 0.2) is 18.2 Å². The van der Waals surface area contributed by atoms with Crippen molar-refractivity contribution in [2.75, 3.05) is 14.2 Å². The van der Waals surface area contributed by atoms with Gasteiger partial charge in [0, 0.05) is 35.3 Å². The number of hydroxylamine groups is 2. The van der Waals surface area contributed by atoms with Gasteiger partial charge in [0.05, 0.1) is 7.11 Å². The maximum absolute atomic E-state index is 12.2. The number of carbonyl (C=O) groups is 2. The topological polar surface area (TPSA) is 59.1 Å². The number of amides is 3. The first kappa shape index (κ1) is 17.4. The molecule has 0 atom stereocenters. The molecular formula is C13H16Cl2N2O4. The van der Waals surface area contributed by atoms with E-state index >= 15 is 0 Å². The zero-order valence-electron chi connectivity index (χ0n) is 12.1. The van der Waals surface area contributed by atoms with Crippen molar-refractivity contribution in [1.82, 2.24) is 9.96 Å². The molecule has 0 spiro atoms. The molecule has 0 heterocycles. The van der Waals surface area contributed by atoms with Crippen LogP contribution < -0.4 is 4.84 Å². The average molecular weight is 335 g/mol. The van der Waals surface area contributed by atoms with Gasteiger partial charge in [-0.3, -0.25) is 0 Å². The SMILES string of the molecule is COC(=O)N(Oc1cc(Cl)cc(Cl)c1)C(=O)N(C)C(C)C. The summed E-state index contributed by atoms with van der Waals surface area (Å²) >= 11 is 11.7. The molecule has 0 N–H and O–H groups in total. The normalized spacial score (nSPS) is 10.2. The highest BCUT2D eigenvalue weighted by atomic mass is 35.5. The molecule has 0 radical (unpaired) electrons. The van der Waals surface area contributed by atoms with Crippen LogP contribution in [0.4, 0.5) is 9.59 Å². The van der Waals surface area contributed by atoms with Gasteiger partial charge in [-0.2, -0.15) is 0 Å². The standard InChI is InChI=1S/C13H16Cl2N2O4/c1-8(2)16(3)12(18)17(13(19)20-4)21-11-6-9(14)5-10(15)7-11/h5-8H,1-4H3. The van der Waals surface area contributed by atoms with Gasteiger partial charge in [0.2, 0.25) is 0 Å². The maximum Gasteiger partial charge on any atom is 0.452 e. The van der Waals surface area contributed by atoms with E-state index in [9.17, 15) is 9.59 Å².